The van der Waals surface area contributed by atoms with Gasteiger partial charge in [0.25, 0.3) is 0 Å². The summed E-state index contributed by atoms with van der Waals surface area (Å²) in [6, 6.07) is 6.51. The van der Waals surface area contributed by atoms with Crippen LogP contribution in [0.1, 0.15) is 5.82 Å². The highest BCUT2D eigenvalue weighted by Crippen LogP contribution is 2.26. The van der Waals surface area contributed by atoms with Crippen molar-refractivity contribution < 1.29 is 13.2 Å². The normalized spacial score (nSPS) is 16.5. The molecule has 0 radical (unpaired) electrons. The van der Waals surface area contributed by atoms with E-state index in [0.717, 1.165) is 5.13 Å². The van der Waals surface area contributed by atoms with E-state index in [4.69, 9.17) is 16.3 Å². The molecule has 0 amide bonds. The van der Waals surface area contributed by atoms with E-state index in [1.807, 2.05) is 4.90 Å². The Kier molecular flexibility index (Phi) is 5.36. The number of nitrogens with zero attached hydrogens (tertiary/aromatic N) is 4. The molecule has 24 heavy (non-hydrogen) atoms. The number of aromatic nitrogens is 2. The number of methoxy groups -OCH3 is 1. The monoisotopic (exact) mass is 388 g/mol. The minimum atomic E-state index is -3.58. The summed E-state index contributed by atoms with van der Waals surface area (Å²) in [4.78, 5) is 6.59. The Morgan fingerprint density at radius 1 is 1.25 bits per heavy atom. The van der Waals surface area contributed by atoms with Gasteiger partial charge in [-0.3, -0.25) is 0 Å². The van der Waals surface area contributed by atoms with Crippen LogP contribution in [0.15, 0.2) is 29.2 Å². The van der Waals surface area contributed by atoms with Crippen LogP contribution in [0.5, 0.6) is 0 Å². The van der Waals surface area contributed by atoms with Crippen LogP contribution >= 0.6 is 23.1 Å². The molecule has 0 saturated carbocycles. The summed E-state index contributed by atoms with van der Waals surface area (Å²) in [6.07, 6.45) is 0. The molecule has 0 atom stereocenters. The van der Waals surface area contributed by atoms with Gasteiger partial charge < -0.3 is 9.64 Å². The molecule has 7 nitrogen and oxygen atoms in total. The fourth-order valence-corrected chi connectivity index (χ4v) is 5.11. The zero-order chi connectivity index (χ0) is 17.2. The minimum Gasteiger partial charge on any atom is -0.377 e. The second-order valence-corrected chi connectivity index (χ2v) is 8.29. The van der Waals surface area contributed by atoms with Crippen molar-refractivity contribution in [2.45, 2.75) is 11.5 Å². The van der Waals surface area contributed by atoms with Gasteiger partial charge in [-0.2, -0.15) is 8.68 Å². The summed E-state index contributed by atoms with van der Waals surface area (Å²) in [5, 5.41) is 1.03. The SMILES string of the molecule is COCc1nsc(N2CCN(S(=O)(=O)c3ccccc3Cl)CC2)n1. The molecule has 1 aromatic heterocycles. The van der Waals surface area contributed by atoms with Crippen molar-refractivity contribution in [3.05, 3.63) is 35.1 Å². The number of hydrogen-bond acceptors (Lipinski definition) is 7. The van der Waals surface area contributed by atoms with Gasteiger partial charge in [0.2, 0.25) is 15.2 Å². The highest BCUT2D eigenvalue weighted by Gasteiger charge is 2.30. The van der Waals surface area contributed by atoms with E-state index in [1.165, 1.54) is 21.9 Å². The highest BCUT2D eigenvalue weighted by molar-refractivity contribution is 7.89. The molecule has 2 aromatic rings. The van der Waals surface area contributed by atoms with Gasteiger partial charge in [-0.1, -0.05) is 23.7 Å². The Labute approximate surface area is 150 Å². The van der Waals surface area contributed by atoms with Crippen molar-refractivity contribution in [2.75, 3.05) is 38.2 Å². The lowest BCUT2D eigenvalue weighted by atomic mass is 10.4. The molecule has 2 heterocycles. The largest absolute Gasteiger partial charge is 0.377 e. The second-order valence-electron chi connectivity index (χ2n) is 5.25. The molecular formula is C14H17ClN4O3S2. The van der Waals surface area contributed by atoms with Crippen LogP contribution in [-0.4, -0.2) is 55.4 Å². The zero-order valence-corrected chi connectivity index (χ0v) is 15.4. The molecule has 1 aliphatic rings. The number of anilines is 1. The molecule has 0 unspecified atom stereocenters. The third-order valence-electron chi connectivity index (χ3n) is 3.69. The van der Waals surface area contributed by atoms with Crippen LogP contribution in [0, 0.1) is 0 Å². The quantitative estimate of drug-likeness (QED) is 0.778. The first-order valence-electron chi connectivity index (χ1n) is 7.33. The van der Waals surface area contributed by atoms with Crippen molar-refractivity contribution in [1.29, 1.82) is 0 Å². The summed E-state index contributed by atoms with van der Waals surface area (Å²) < 4.78 is 36.1. The van der Waals surface area contributed by atoms with Crippen LogP contribution in [0.4, 0.5) is 5.13 Å². The first kappa shape index (κ1) is 17.6. The Hall–Kier alpha value is -1.26. The predicted octanol–water partition coefficient (Wildman–Crippen LogP) is 1.85. The molecule has 130 valence electrons. The maximum atomic E-state index is 12.7. The number of sulfonamides is 1. The van der Waals surface area contributed by atoms with E-state index in [-0.39, 0.29) is 9.92 Å². The van der Waals surface area contributed by atoms with Gasteiger partial charge in [0.05, 0.1) is 5.02 Å². The predicted molar refractivity (Wildman–Crippen MR) is 93.0 cm³/mol. The lowest BCUT2D eigenvalue weighted by molar-refractivity contribution is 0.179. The van der Waals surface area contributed by atoms with Gasteiger partial charge in [0.15, 0.2) is 5.82 Å². The summed E-state index contributed by atoms with van der Waals surface area (Å²) in [7, 11) is -1.98. The summed E-state index contributed by atoms with van der Waals surface area (Å²) in [5.41, 5.74) is 0. The van der Waals surface area contributed by atoms with Crippen molar-refractivity contribution in [3.8, 4) is 0 Å². The third-order valence-corrected chi connectivity index (χ3v) is 6.91. The third kappa shape index (κ3) is 3.55. The van der Waals surface area contributed by atoms with Crippen LogP contribution in [-0.2, 0) is 21.4 Å². The summed E-state index contributed by atoms with van der Waals surface area (Å²) in [6.45, 7) is 2.26. The van der Waals surface area contributed by atoms with Crippen molar-refractivity contribution in [2.24, 2.45) is 0 Å². The average molecular weight is 389 g/mol. The van der Waals surface area contributed by atoms with Crippen LogP contribution in [0.25, 0.3) is 0 Å². The van der Waals surface area contributed by atoms with Gasteiger partial charge in [-0.25, -0.2) is 13.4 Å². The number of benzene rings is 1. The average Bonchev–Trinajstić information content (AvgIpc) is 3.04. The number of rotatable bonds is 5. The van der Waals surface area contributed by atoms with Crippen molar-refractivity contribution >= 4 is 38.3 Å². The minimum absolute atomic E-state index is 0.151. The second kappa shape index (κ2) is 7.32. The van der Waals surface area contributed by atoms with Gasteiger partial charge in [-0.15, -0.1) is 0 Å². The first-order valence-corrected chi connectivity index (χ1v) is 9.92. The summed E-state index contributed by atoms with van der Waals surface area (Å²) >= 11 is 7.34. The molecule has 1 fully saturated rings. The van der Waals surface area contributed by atoms with E-state index in [9.17, 15) is 8.42 Å². The molecular weight excluding hydrogens is 372 g/mol. The molecule has 3 rings (SSSR count). The van der Waals surface area contributed by atoms with E-state index in [2.05, 4.69) is 9.36 Å². The lowest BCUT2D eigenvalue weighted by Crippen LogP contribution is -2.48. The number of hydrogen-bond donors (Lipinski definition) is 0. The molecule has 1 saturated heterocycles. The maximum absolute atomic E-state index is 12.7. The standard InChI is InChI=1S/C14H17ClN4O3S2/c1-22-10-13-16-14(23-17-13)18-6-8-19(9-7-18)24(20,21)12-5-3-2-4-11(12)15/h2-5H,6-10H2,1H3. The van der Waals surface area contributed by atoms with Crippen molar-refractivity contribution in [1.82, 2.24) is 13.7 Å². The number of halogens is 1. The number of ether oxygens (including phenoxy) is 1. The molecule has 10 heteroatoms. The van der Waals surface area contributed by atoms with Gasteiger partial charge in [0, 0.05) is 44.8 Å². The molecule has 0 N–H and O–H groups in total. The first-order chi connectivity index (χ1) is 11.5. The van der Waals surface area contributed by atoms with Gasteiger partial charge >= 0.3 is 0 Å². The van der Waals surface area contributed by atoms with Crippen LogP contribution in [0.2, 0.25) is 5.02 Å². The van der Waals surface area contributed by atoms with Gasteiger partial charge in [0.1, 0.15) is 11.5 Å². The van der Waals surface area contributed by atoms with Crippen LogP contribution in [0.3, 0.4) is 0 Å². The molecule has 1 aromatic carbocycles. The van der Waals surface area contributed by atoms with Gasteiger partial charge in [-0.05, 0) is 12.1 Å². The topological polar surface area (TPSA) is 75.6 Å². The molecule has 0 bridgehead atoms. The lowest BCUT2D eigenvalue weighted by Gasteiger charge is -2.33. The van der Waals surface area contributed by atoms with E-state index in [1.54, 1.807) is 25.3 Å². The Balaban J connectivity index is 1.69. The fourth-order valence-electron chi connectivity index (χ4n) is 2.47. The molecule has 0 spiro atoms. The highest BCUT2D eigenvalue weighted by atomic mass is 35.5. The van der Waals surface area contributed by atoms with E-state index < -0.39 is 10.0 Å². The van der Waals surface area contributed by atoms with E-state index >= 15 is 0 Å². The Bertz CT molecular complexity index is 804. The number of piperazine rings is 1. The van der Waals surface area contributed by atoms with Crippen LogP contribution < -0.4 is 4.90 Å². The molecule has 0 aliphatic carbocycles. The Morgan fingerprint density at radius 2 is 1.96 bits per heavy atom. The smallest absolute Gasteiger partial charge is 0.244 e. The van der Waals surface area contributed by atoms with Crippen molar-refractivity contribution in [3.63, 3.8) is 0 Å². The Morgan fingerprint density at radius 3 is 2.62 bits per heavy atom. The fraction of sp³-hybridized carbons (Fsp3) is 0.429. The van der Waals surface area contributed by atoms with E-state index in [0.29, 0.717) is 38.6 Å². The maximum Gasteiger partial charge on any atom is 0.244 e. The summed E-state index contributed by atoms with van der Waals surface area (Å²) in [5.74, 6) is 0.642. The molecule has 1 aliphatic heterocycles. The zero-order valence-electron chi connectivity index (χ0n) is 13.1.